The van der Waals surface area contributed by atoms with E-state index in [2.05, 4.69) is 44.1 Å². The molecule has 0 radical (unpaired) electrons. The third-order valence-corrected chi connectivity index (χ3v) is 4.89. The number of carbonyl (C=O) groups excluding carboxylic acids is 1. The lowest BCUT2D eigenvalue weighted by molar-refractivity contribution is -0.121. The van der Waals surface area contributed by atoms with Crippen molar-refractivity contribution < 1.29 is 4.79 Å². The largest absolute Gasteiger partial charge is 0.348 e. The van der Waals surface area contributed by atoms with Gasteiger partial charge in [-0.1, -0.05) is 19.1 Å². The van der Waals surface area contributed by atoms with E-state index < -0.39 is 0 Å². The smallest absolute Gasteiger partial charge is 0.241 e. The minimum Gasteiger partial charge on any atom is -0.348 e. The summed E-state index contributed by atoms with van der Waals surface area (Å²) in [6.07, 6.45) is 4.64. The third-order valence-electron chi connectivity index (χ3n) is 4.89. The van der Waals surface area contributed by atoms with Crippen molar-refractivity contribution in [2.75, 3.05) is 31.5 Å². The first kappa shape index (κ1) is 17.6. The predicted molar refractivity (Wildman–Crippen MR) is 99.3 cm³/mol. The summed E-state index contributed by atoms with van der Waals surface area (Å²) in [6.45, 7) is 8.63. The van der Waals surface area contributed by atoms with Crippen molar-refractivity contribution in [3.63, 3.8) is 0 Å². The van der Waals surface area contributed by atoms with Crippen LogP contribution in [0.4, 0.5) is 5.69 Å². The van der Waals surface area contributed by atoms with Gasteiger partial charge in [0.25, 0.3) is 0 Å². The molecular weight excluding hydrogens is 314 g/mol. The molecule has 2 N–H and O–H groups in total. The molecule has 0 aliphatic carbocycles. The number of nitrogens with one attached hydrogen (secondary N) is 2. The van der Waals surface area contributed by atoms with Crippen LogP contribution in [0.25, 0.3) is 0 Å². The van der Waals surface area contributed by atoms with E-state index in [1.165, 1.54) is 5.56 Å². The first-order valence-corrected chi connectivity index (χ1v) is 9.00. The number of nitrogens with zero attached hydrogens (tertiary/aromatic N) is 3. The lowest BCUT2D eigenvalue weighted by Gasteiger charge is -2.37. The number of piperazine rings is 1. The van der Waals surface area contributed by atoms with Gasteiger partial charge in [0.15, 0.2) is 0 Å². The average Bonchev–Trinajstić information content (AvgIpc) is 3.15. The number of hydrogen-bond donors (Lipinski definition) is 2. The van der Waals surface area contributed by atoms with Gasteiger partial charge in [0.2, 0.25) is 5.91 Å². The van der Waals surface area contributed by atoms with E-state index in [4.69, 9.17) is 0 Å². The second kappa shape index (κ2) is 8.27. The molecule has 0 unspecified atom stereocenters. The topological polar surface area (TPSA) is 64.3 Å². The lowest BCUT2D eigenvalue weighted by atomic mass is 10.1. The Morgan fingerprint density at radius 3 is 2.56 bits per heavy atom. The molecule has 0 saturated carbocycles. The molecule has 1 saturated heterocycles. The molecule has 1 fully saturated rings. The van der Waals surface area contributed by atoms with Crippen LogP contribution in [-0.4, -0.2) is 57.9 Å². The van der Waals surface area contributed by atoms with Gasteiger partial charge in [-0.15, -0.1) is 0 Å². The van der Waals surface area contributed by atoms with Crippen molar-refractivity contribution in [3.05, 3.63) is 48.0 Å². The summed E-state index contributed by atoms with van der Waals surface area (Å²) < 4.78 is 0. The van der Waals surface area contributed by atoms with Gasteiger partial charge < -0.3 is 10.3 Å². The maximum Gasteiger partial charge on any atom is 0.241 e. The zero-order chi connectivity index (χ0) is 17.6. The standard InChI is InChI=1S/C19H27N5O/c1-3-16-4-6-17(7-5-16)22-19(25)15(2)24-12-10-23(11-13-24)14-18-20-8-9-21-18/h4-9,15H,3,10-14H2,1-2H3,(H,20,21)(H,22,25)/t15-/m1/s1. The van der Waals surface area contributed by atoms with Crippen molar-refractivity contribution in [2.24, 2.45) is 0 Å². The van der Waals surface area contributed by atoms with E-state index in [0.29, 0.717) is 0 Å². The van der Waals surface area contributed by atoms with Crippen LogP contribution in [0.1, 0.15) is 25.2 Å². The summed E-state index contributed by atoms with van der Waals surface area (Å²) in [4.78, 5) is 24.5. The normalized spacial score (nSPS) is 17.4. The van der Waals surface area contributed by atoms with Crippen LogP contribution in [0.3, 0.4) is 0 Å². The highest BCUT2D eigenvalue weighted by Gasteiger charge is 2.25. The number of H-pyrrole nitrogens is 1. The number of imidazole rings is 1. The summed E-state index contributed by atoms with van der Waals surface area (Å²) in [5.74, 6) is 1.05. The quantitative estimate of drug-likeness (QED) is 0.845. The van der Waals surface area contributed by atoms with Gasteiger partial charge in [0.1, 0.15) is 5.82 Å². The van der Waals surface area contributed by atoms with Crippen LogP contribution in [0.5, 0.6) is 0 Å². The molecule has 3 rings (SSSR count). The molecule has 1 atom stereocenters. The van der Waals surface area contributed by atoms with Crippen LogP contribution in [0.2, 0.25) is 0 Å². The van der Waals surface area contributed by atoms with Gasteiger partial charge in [0.05, 0.1) is 12.6 Å². The van der Waals surface area contributed by atoms with E-state index in [9.17, 15) is 4.79 Å². The van der Waals surface area contributed by atoms with Crippen LogP contribution >= 0.6 is 0 Å². The van der Waals surface area contributed by atoms with E-state index in [-0.39, 0.29) is 11.9 Å². The predicted octanol–water partition coefficient (Wildman–Crippen LogP) is 2.12. The number of amides is 1. The molecule has 134 valence electrons. The molecule has 6 heteroatoms. The maximum absolute atomic E-state index is 12.5. The minimum absolute atomic E-state index is 0.0590. The van der Waals surface area contributed by atoms with Gasteiger partial charge in [-0.25, -0.2) is 4.98 Å². The van der Waals surface area contributed by atoms with Crippen LogP contribution in [0, 0.1) is 0 Å². The summed E-state index contributed by atoms with van der Waals surface area (Å²) in [5, 5.41) is 3.03. The van der Waals surface area contributed by atoms with Crippen molar-refractivity contribution >= 4 is 11.6 Å². The highest BCUT2D eigenvalue weighted by atomic mass is 16.2. The third kappa shape index (κ3) is 4.67. The molecule has 1 aliphatic rings. The number of hydrogen-bond acceptors (Lipinski definition) is 4. The maximum atomic E-state index is 12.5. The van der Waals surface area contributed by atoms with E-state index in [1.54, 1.807) is 6.20 Å². The molecule has 1 aromatic heterocycles. The summed E-state index contributed by atoms with van der Waals surface area (Å²) >= 11 is 0. The molecule has 2 heterocycles. The number of aromatic nitrogens is 2. The van der Waals surface area contributed by atoms with Crippen molar-refractivity contribution in [3.8, 4) is 0 Å². The van der Waals surface area contributed by atoms with E-state index in [0.717, 1.165) is 50.7 Å². The van der Waals surface area contributed by atoms with Crippen LogP contribution in [-0.2, 0) is 17.8 Å². The van der Waals surface area contributed by atoms with Gasteiger partial charge >= 0.3 is 0 Å². The van der Waals surface area contributed by atoms with Crippen LogP contribution < -0.4 is 5.32 Å². The Kier molecular flexibility index (Phi) is 5.83. The average molecular weight is 341 g/mol. The van der Waals surface area contributed by atoms with E-state index in [1.807, 2.05) is 25.3 Å². The Morgan fingerprint density at radius 1 is 1.24 bits per heavy atom. The van der Waals surface area contributed by atoms with Crippen LogP contribution in [0.15, 0.2) is 36.7 Å². The molecular formula is C19H27N5O. The van der Waals surface area contributed by atoms with Gasteiger partial charge in [-0.2, -0.15) is 0 Å². The molecule has 6 nitrogen and oxygen atoms in total. The summed E-state index contributed by atoms with van der Waals surface area (Å²) in [5.41, 5.74) is 2.14. The van der Waals surface area contributed by atoms with E-state index >= 15 is 0 Å². The lowest BCUT2D eigenvalue weighted by Crippen LogP contribution is -2.52. The molecule has 1 amide bonds. The first-order valence-electron chi connectivity index (χ1n) is 9.00. The second-order valence-electron chi connectivity index (χ2n) is 6.56. The van der Waals surface area contributed by atoms with Crippen molar-refractivity contribution in [1.29, 1.82) is 0 Å². The fraction of sp³-hybridized carbons (Fsp3) is 0.474. The summed E-state index contributed by atoms with van der Waals surface area (Å²) in [6, 6.07) is 7.95. The number of anilines is 1. The Morgan fingerprint density at radius 2 is 1.96 bits per heavy atom. The summed E-state index contributed by atoms with van der Waals surface area (Å²) in [7, 11) is 0. The minimum atomic E-state index is -0.128. The molecule has 2 aromatic rings. The zero-order valence-corrected chi connectivity index (χ0v) is 15.0. The van der Waals surface area contributed by atoms with Crippen molar-refractivity contribution in [2.45, 2.75) is 32.9 Å². The monoisotopic (exact) mass is 341 g/mol. The second-order valence-corrected chi connectivity index (χ2v) is 6.56. The van der Waals surface area contributed by atoms with Gasteiger partial charge in [-0.05, 0) is 31.0 Å². The zero-order valence-electron chi connectivity index (χ0n) is 15.0. The molecule has 25 heavy (non-hydrogen) atoms. The Labute approximate surface area is 149 Å². The molecule has 1 aromatic carbocycles. The Bertz CT molecular complexity index is 660. The SMILES string of the molecule is CCc1ccc(NC(=O)[C@@H](C)N2CCN(Cc3ncc[nH]3)CC2)cc1. The first-order chi connectivity index (χ1) is 12.2. The molecule has 0 bridgehead atoms. The highest BCUT2D eigenvalue weighted by molar-refractivity contribution is 5.94. The fourth-order valence-corrected chi connectivity index (χ4v) is 3.14. The molecule has 1 aliphatic heterocycles. The Hall–Kier alpha value is -2.18. The number of rotatable bonds is 6. The molecule has 0 spiro atoms. The fourth-order valence-electron chi connectivity index (χ4n) is 3.14. The number of benzene rings is 1. The Balaban J connectivity index is 1.47. The number of carbonyl (C=O) groups is 1. The highest BCUT2D eigenvalue weighted by Crippen LogP contribution is 2.13. The number of aryl methyl sites for hydroxylation is 1. The number of aromatic amines is 1. The van der Waals surface area contributed by atoms with Gasteiger partial charge in [-0.3, -0.25) is 14.6 Å². The van der Waals surface area contributed by atoms with Gasteiger partial charge in [0, 0.05) is 44.3 Å². The van der Waals surface area contributed by atoms with Crippen molar-refractivity contribution in [1.82, 2.24) is 19.8 Å².